The van der Waals surface area contributed by atoms with Crippen LogP contribution in [0.2, 0.25) is 5.15 Å². The maximum absolute atomic E-state index is 6.18. The Morgan fingerprint density at radius 1 is 1.00 bits per heavy atom. The number of nitrogen functional groups attached to an aromatic ring is 1. The number of halogens is 1. The third-order valence-corrected chi connectivity index (χ3v) is 4.21. The number of aryl methyl sites for hydroxylation is 2. The van der Waals surface area contributed by atoms with Crippen LogP contribution in [0, 0.1) is 13.8 Å². The second kappa shape index (κ2) is 5.82. The van der Waals surface area contributed by atoms with Crippen LogP contribution in [0.3, 0.4) is 0 Å². The van der Waals surface area contributed by atoms with E-state index in [1.807, 2.05) is 44.2 Å². The molecule has 0 aliphatic heterocycles. The first-order valence-electron chi connectivity index (χ1n) is 7.74. The second-order valence-corrected chi connectivity index (χ2v) is 6.29. The third kappa shape index (κ3) is 2.70. The Morgan fingerprint density at radius 2 is 1.76 bits per heavy atom. The lowest BCUT2D eigenvalue weighted by molar-refractivity contribution is 1.09. The molecule has 0 atom stereocenters. The van der Waals surface area contributed by atoms with Crippen LogP contribution in [0.25, 0.3) is 28.0 Å². The van der Waals surface area contributed by atoms with Crippen molar-refractivity contribution in [3.8, 4) is 22.4 Å². The normalized spacial score (nSPS) is 11.2. The Hall–Kier alpha value is -2.99. The quantitative estimate of drug-likeness (QED) is 0.557. The monoisotopic (exact) mass is 350 g/mol. The van der Waals surface area contributed by atoms with E-state index in [2.05, 4.69) is 20.2 Å². The third-order valence-electron chi connectivity index (χ3n) is 4.02. The zero-order valence-electron chi connectivity index (χ0n) is 13.7. The van der Waals surface area contributed by atoms with E-state index in [4.69, 9.17) is 17.3 Å². The number of hydrogen-bond donors (Lipinski definition) is 1. The van der Waals surface area contributed by atoms with E-state index in [0.29, 0.717) is 16.7 Å². The van der Waals surface area contributed by atoms with E-state index in [1.165, 1.54) is 5.56 Å². The molecule has 7 heteroatoms. The first-order valence-corrected chi connectivity index (χ1v) is 8.11. The number of nitrogens with two attached hydrogens (primary N) is 1. The van der Waals surface area contributed by atoms with Gasteiger partial charge < -0.3 is 5.73 Å². The minimum Gasteiger partial charge on any atom is -0.369 e. The fourth-order valence-corrected chi connectivity index (χ4v) is 3.11. The number of fused-ring (bicyclic) bond motifs is 1. The number of aromatic nitrogens is 5. The predicted molar refractivity (Wildman–Crippen MR) is 98.3 cm³/mol. The van der Waals surface area contributed by atoms with Crippen LogP contribution in [-0.4, -0.2) is 24.6 Å². The van der Waals surface area contributed by atoms with Crippen LogP contribution < -0.4 is 5.73 Å². The first-order chi connectivity index (χ1) is 12.0. The van der Waals surface area contributed by atoms with Crippen molar-refractivity contribution in [1.29, 1.82) is 0 Å². The lowest BCUT2D eigenvalue weighted by Gasteiger charge is -2.13. The number of anilines is 1. The van der Waals surface area contributed by atoms with E-state index in [0.717, 1.165) is 28.1 Å². The number of benzene rings is 1. The van der Waals surface area contributed by atoms with Crippen molar-refractivity contribution < 1.29 is 0 Å². The Balaban J connectivity index is 2.10. The second-order valence-electron chi connectivity index (χ2n) is 5.90. The van der Waals surface area contributed by atoms with Gasteiger partial charge in [-0.05, 0) is 31.5 Å². The minimum atomic E-state index is 0.330. The van der Waals surface area contributed by atoms with Crippen LogP contribution in [0.1, 0.15) is 11.3 Å². The lowest BCUT2D eigenvalue weighted by Crippen LogP contribution is -2.04. The van der Waals surface area contributed by atoms with Crippen molar-refractivity contribution in [3.05, 3.63) is 59.1 Å². The fourth-order valence-electron chi connectivity index (χ4n) is 2.86. The SMILES string of the molecule is Cc1ccc(-c2nc(N)n3cnnc3c2-c2cc(C)nc(Cl)c2)cc1. The number of nitrogens with zero attached hydrogens (tertiary/aromatic N) is 5. The van der Waals surface area contributed by atoms with Crippen LogP contribution >= 0.6 is 11.6 Å². The van der Waals surface area contributed by atoms with Gasteiger partial charge in [0.2, 0.25) is 5.95 Å². The predicted octanol–water partition coefficient (Wildman–Crippen LogP) is 3.71. The molecular formula is C18H15ClN6. The van der Waals surface area contributed by atoms with Crippen LogP contribution in [0.15, 0.2) is 42.7 Å². The summed E-state index contributed by atoms with van der Waals surface area (Å²) in [5, 5.41) is 8.65. The molecule has 0 aliphatic rings. The van der Waals surface area contributed by atoms with Crippen molar-refractivity contribution in [3.63, 3.8) is 0 Å². The Morgan fingerprint density at radius 3 is 2.48 bits per heavy atom. The maximum Gasteiger partial charge on any atom is 0.207 e. The van der Waals surface area contributed by atoms with Gasteiger partial charge in [0, 0.05) is 11.3 Å². The lowest BCUT2D eigenvalue weighted by atomic mass is 9.99. The van der Waals surface area contributed by atoms with E-state index in [-0.39, 0.29) is 0 Å². The molecule has 124 valence electrons. The topological polar surface area (TPSA) is 82.0 Å². The highest BCUT2D eigenvalue weighted by molar-refractivity contribution is 6.29. The molecule has 0 radical (unpaired) electrons. The van der Waals surface area contributed by atoms with Gasteiger partial charge in [0.05, 0.1) is 11.3 Å². The van der Waals surface area contributed by atoms with Gasteiger partial charge >= 0.3 is 0 Å². The molecule has 4 aromatic rings. The number of hydrogen-bond acceptors (Lipinski definition) is 5. The molecule has 0 fully saturated rings. The summed E-state index contributed by atoms with van der Waals surface area (Å²) in [6.45, 7) is 3.94. The zero-order valence-corrected chi connectivity index (χ0v) is 14.5. The van der Waals surface area contributed by atoms with E-state index < -0.39 is 0 Å². The number of rotatable bonds is 2. The van der Waals surface area contributed by atoms with Crippen molar-refractivity contribution >= 4 is 23.2 Å². The highest BCUT2D eigenvalue weighted by Gasteiger charge is 2.18. The molecule has 3 aromatic heterocycles. The summed E-state index contributed by atoms with van der Waals surface area (Å²) in [6, 6.07) is 11.9. The molecule has 0 unspecified atom stereocenters. The summed E-state index contributed by atoms with van der Waals surface area (Å²) in [5.74, 6) is 0.330. The smallest absolute Gasteiger partial charge is 0.207 e. The molecule has 25 heavy (non-hydrogen) atoms. The average Bonchev–Trinajstić information content (AvgIpc) is 3.04. The van der Waals surface area contributed by atoms with Crippen LogP contribution in [0.4, 0.5) is 5.95 Å². The summed E-state index contributed by atoms with van der Waals surface area (Å²) < 4.78 is 1.66. The maximum atomic E-state index is 6.18. The minimum absolute atomic E-state index is 0.330. The molecule has 0 saturated heterocycles. The molecule has 0 saturated carbocycles. The van der Waals surface area contributed by atoms with Crippen molar-refractivity contribution in [1.82, 2.24) is 24.6 Å². The van der Waals surface area contributed by atoms with Crippen molar-refractivity contribution in [2.24, 2.45) is 0 Å². The van der Waals surface area contributed by atoms with Gasteiger partial charge in [-0.25, -0.2) is 9.97 Å². The van der Waals surface area contributed by atoms with Crippen LogP contribution in [0.5, 0.6) is 0 Å². The van der Waals surface area contributed by atoms with E-state index in [1.54, 1.807) is 16.8 Å². The van der Waals surface area contributed by atoms with Gasteiger partial charge in [-0.2, -0.15) is 0 Å². The zero-order chi connectivity index (χ0) is 17.6. The van der Waals surface area contributed by atoms with E-state index in [9.17, 15) is 0 Å². The first kappa shape index (κ1) is 15.5. The summed E-state index contributed by atoms with van der Waals surface area (Å²) in [7, 11) is 0. The molecule has 2 N–H and O–H groups in total. The van der Waals surface area contributed by atoms with Crippen molar-refractivity contribution in [2.75, 3.05) is 5.73 Å². The highest BCUT2D eigenvalue weighted by atomic mass is 35.5. The summed E-state index contributed by atoms with van der Waals surface area (Å²) in [4.78, 5) is 8.84. The van der Waals surface area contributed by atoms with Gasteiger partial charge in [-0.15, -0.1) is 10.2 Å². The molecular weight excluding hydrogens is 336 g/mol. The molecule has 0 bridgehead atoms. The average molecular weight is 351 g/mol. The fraction of sp³-hybridized carbons (Fsp3) is 0.111. The molecule has 4 rings (SSSR count). The molecule has 0 aliphatic carbocycles. The molecule has 0 spiro atoms. The van der Waals surface area contributed by atoms with Crippen molar-refractivity contribution in [2.45, 2.75) is 13.8 Å². The Labute approximate surface area is 149 Å². The molecule has 6 nitrogen and oxygen atoms in total. The molecule has 1 aromatic carbocycles. The molecule has 0 amide bonds. The summed E-state index contributed by atoms with van der Waals surface area (Å²) >= 11 is 6.18. The Kier molecular flexibility index (Phi) is 3.62. The number of pyridine rings is 1. The Bertz CT molecular complexity index is 1060. The van der Waals surface area contributed by atoms with Gasteiger partial charge in [-0.1, -0.05) is 41.4 Å². The summed E-state index contributed by atoms with van der Waals surface area (Å²) in [5.41, 5.74) is 12.1. The summed E-state index contributed by atoms with van der Waals surface area (Å²) in [6.07, 6.45) is 1.55. The van der Waals surface area contributed by atoms with Crippen LogP contribution in [-0.2, 0) is 0 Å². The standard InChI is InChI=1S/C18H15ClN6/c1-10-3-5-12(6-4-10)16-15(13-7-11(2)22-14(19)8-13)17-24-21-9-25(17)18(20)23-16/h3-9H,1-2H3,(H2,20,23). The van der Waals surface area contributed by atoms with Gasteiger partial charge in [0.1, 0.15) is 11.5 Å². The van der Waals surface area contributed by atoms with E-state index >= 15 is 0 Å². The van der Waals surface area contributed by atoms with Gasteiger partial charge in [-0.3, -0.25) is 4.40 Å². The largest absolute Gasteiger partial charge is 0.369 e. The van der Waals surface area contributed by atoms with Gasteiger partial charge in [0.25, 0.3) is 0 Å². The molecule has 3 heterocycles. The highest BCUT2D eigenvalue weighted by Crippen LogP contribution is 2.35. The van der Waals surface area contributed by atoms with Gasteiger partial charge in [0.15, 0.2) is 5.65 Å².